The van der Waals surface area contributed by atoms with Gasteiger partial charge in [-0.1, -0.05) is 23.4 Å². The lowest BCUT2D eigenvalue weighted by Gasteiger charge is -2.36. The fraction of sp³-hybridized carbons (Fsp3) is 0.333. The van der Waals surface area contributed by atoms with E-state index in [9.17, 15) is 13.2 Å². The maximum Gasteiger partial charge on any atom is 0.223 e. The van der Waals surface area contributed by atoms with Crippen molar-refractivity contribution in [2.24, 2.45) is 0 Å². The van der Waals surface area contributed by atoms with Crippen molar-refractivity contribution in [3.63, 3.8) is 0 Å². The van der Waals surface area contributed by atoms with Gasteiger partial charge in [-0.25, -0.2) is 8.42 Å². The van der Waals surface area contributed by atoms with E-state index in [2.05, 4.69) is 10.1 Å². The minimum Gasteiger partial charge on any atom is -0.495 e. The Hall–Kier alpha value is -3.33. The summed E-state index contributed by atoms with van der Waals surface area (Å²) in [6.07, 6.45) is -0.0809. The van der Waals surface area contributed by atoms with Gasteiger partial charge in [-0.3, -0.25) is 4.79 Å². The summed E-state index contributed by atoms with van der Waals surface area (Å²) in [7, 11) is -2.34. The smallest absolute Gasteiger partial charge is 0.223 e. The van der Waals surface area contributed by atoms with Crippen LogP contribution in [0.1, 0.15) is 12.1 Å². The van der Waals surface area contributed by atoms with Gasteiger partial charge in [0.05, 0.1) is 18.6 Å². The predicted octanol–water partition coefficient (Wildman–Crippen LogP) is 3.17. The molecule has 1 saturated heterocycles. The first-order valence-corrected chi connectivity index (χ1v) is 12.4. The van der Waals surface area contributed by atoms with E-state index in [1.807, 2.05) is 30.3 Å². The lowest BCUT2D eigenvalue weighted by molar-refractivity contribution is -0.131. The number of aromatic nitrogens is 1. The summed E-state index contributed by atoms with van der Waals surface area (Å²) in [6.45, 7) is 4.36. The second-order valence-corrected chi connectivity index (χ2v) is 10.0. The molecule has 1 aromatic heterocycles. The molecule has 9 heteroatoms. The van der Waals surface area contributed by atoms with Gasteiger partial charge in [0, 0.05) is 49.9 Å². The number of rotatable bonds is 7. The average Bonchev–Trinajstić information content (AvgIpc) is 3.29. The minimum atomic E-state index is -3.76. The summed E-state index contributed by atoms with van der Waals surface area (Å²) in [4.78, 5) is 16.8. The highest BCUT2D eigenvalue weighted by Gasteiger charge is 2.26. The van der Waals surface area contributed by atoms with Crippen LogP contribution in [-0.4, -0.2) is 63.4 Å². The first-order valence-electron chi connectivity index (χ1n) is 10.8. The summed E-state index contributed by atoms with van der Waals surface area (Å²) in [5, 5.41) is 3.85. The molecule has 0 unspecified atom stereocenters. The van der Waals surface area contributed by atoms with E-state index < -0.39 is 9.84 Å². The molecule has 33 heavy (non-hydrogen) atoms. The molecule has 2 heterocycles. The van der Waals surface area contributed by atoms with Crippen molar-refractivity contribution < 1.29 is 22.5 Å². The van der Waals surface area contributed by atoms with E-state index in [0.29, 0.717) is 30.1 Å². The van der Waals surface area contributed by atoms with E-state index in [-0.39, 0.29) is 28.7 Å². The van der Waals surface area contributed by atoms with Crippen molar-refractivity contribution >= 4 is 21.4 Å². The fourth-order valence-electron chi connectivity index (χ4n) is 3.92. The number of piperazine rings is 1. The van der Waals surface area contributed by atoms with E-state index in [0.717, 1.165) is 18.8 Å². The van der Waals surface area contributed by atoms with Gasteiger partial charge in [-0.05, 0) is 37.3 Å². The van der Waals surface area contributed by atoms with Gasteiger partial charge >= 0.3 is 0 Å². The van der Waals surface area contributed by atoms with Gasteiger partial charge in [0.2, 0.25) is 5.91 Å². The zero-order valence-corrected chi connectivity index (χ0v) is 19.5. The van der Waals surface area contributed by atoms with Gasteiger partial charge < -0.3 is 19.1 Å². The molecule has 0 atom stereocenters. The Bertz CT molecular complexity index is 1220. The number of anilines is 1. The molecule has 2 aromatic carbocycles. The van der Waals surface area contributed by atoms with Crippen LogP contribution < -0.4 is 9.64 Å². The molecule has 4 rings (SSSR count). The van der Waals surface area contributed by atoms with Crippen LogP contribution in [0.4, 0.5) is 5.69 Å². The summed E-state index contributed by atoms with van der Waals surface area (Å²) in [5.41, 5.74) is 2.41. The largest absolute Gasteiger partial charge is 0.495 e. The lowest BCUT2D eigenvalue weighted by Crippen LogP contribution is -2.49. The SMILES string of the molecule is COc1ccc(-c2cc(C)no2)cc1S(=O)(=O)CCC(=O)N1CCN(c2ccccc2)CC1. The number of methoxy groups -OCH3 is 1. The molecule has 8 nitrogen and oxygen atoms in total. The van der Waals surface area contributed by atoms with Crippen LogP contribution in [0.5, 0.6) is 5.75 Å². The summed E-state index contributed by atoms with van der Waals surface area (Å²) in [6, 6.07) is 16.6. The van der Waals surface area contributed by atoms with Crippen LogP contribution in [0.3, 0.4) is 0 Å². The first kappa shape index (κ1) is 22.8. The number of amides is 1. The van der Waals surface area contributed by atoms with Crippen molar-refractivity contribution in [3.05, 3.63) is 60.3 Å². The molecule has 0 saturated carbocycles. The van der Waals surface area contributed by atoms with E-state index >= 15 is 0 Å². The molecule has 3 aromatic rings. The van der Waals surface area contributed by atoms with Crippen molar-refractivity contribution in [3.8, 4) is 17.1 Å². The number of carbonyl (C=O) groups excluding carboxylic acids is 1. The monoisotopic (exact) mass is 469 g/mol. The Morgan fingerprint density at radius 2 is 1.79 bits per heavy atom. The lowest BCUT2D eigenvalue weighted by atomic mass is 10.1. The molecule has 1 aliphatic heterocycles. The van der Waals surface area contributed by atoms with Gasteiger partial charge in [0.15, 0.2) is 15.6 Å². The molecule has 0 N–H and O–H groups in total. The molecular formula is C24H27N3O5S. The maximum absolute atomic E-state index is 13.1. The zero-order chi connectivity index (χ0) is 23.4. The standard InChI is InChI=1S/C24H27N3O5S/c1-18-16-22(32-25-18)19-8-9-21(31-2)23(17-19)33(29,30)15-10-24(28)27-13-11-26(12-14-27)20-6-4-3-5-7-20/h3-9,16-17H,10-15H2,1-2H3. The minimum absolute atomic E-state index is 0.0400. The topological polar surface area (TPSA) is 92.9 Å². The molecule has 1 aliphatic rings. The first-order chi connectivity index (χ1) is 15.9. The van der Waals surface area contributed by atoms with Crippen molar-refractivity contribution in [2.75, 3.05) is 43.9 Å². The normalized spacial score (nSPS) is 14.4. The molecule has 174 valence electrons. The number of carbonyl (C=O) groups is 1. The number of hydrogen-bond donors (Lipinski definition) is 0. The highest BCUT2D eigenvalue weighted by molar-refractivity contribution is 7.91. The highest BCUT2D eigenvalue weighted by Crippen LogP contribution is 2.31. The summed E-state index contributed by atoms with van der Waals surface area (Å²) < 4.78 is 36.8. The van der Waals surface area contributed by atoms with Crippen LogP contribution in [-0.2, 0) is 14.6 Å². The van der Waals surface area contributed by atoms with Crippen molar-refractivity contribution in [1.82, 2.24) is 10.1 Å². The Morgan fingerprint density at radius 3 is 2.42 bits per heavy atom. The highest BCUT2D eigenvalue weighted by atomic mass is 32.2. The van der Waals surface area contributed by atoms with E-state index in [4.69, 9.17) is 9.26 Å². The number of aryl methyl sites for hydroxylation is 1. The maximum atomic E-state index is 13.1. The number of hydrogen-bond acceptors (Lipinski definition) is 7. The van der Waals surface area contributed by atoms with Crippen LogP contribution >= 0.6 is 0 Å². The third-order valence-electron chi connectivity index (χ3n) is 5.75. The summed E-state index contributed by atoms with van der Waals surface area (Å²) >= 11 is 0. The Kier molecular flexibility index (Phi) is 6.69. The Morgan fingerprint density at radius 1 is 1.06 bits per heavy atom. The van der Waals surface area contributed by atoms with Crippen LogP contribution in [0.15, 0.2) is 64.0 Å². The van der Waals surface area contributed by atoms with Gasteiger partial charge in [0.25, 0.3) is 0 Å². The quantitative estimate of drug-likeness (QED) is 0.525. The predicted molar refractivity (Wildman–Crippen MR) is 125 cm³/mol. The molecule has 0 spiro atoms. The van der Waals surface area contributed by atoms with E-state index in [1.165, 1.54) is 13.2 Å². The number of benzene rings is 2. The van der Waals surface area contributed by atoms with Crippen LogP contribution in [0.25, 0.3) is 11.3 Å². The fourth-order valence-corrected chi connectivity index (χ4v) is 5.34. The molecule has 0 radical (unpaired) electrons. The van der Waals surface area contributed by atoms with Crippen LogP contribution in [0.2, 0.25) is 0 Å². The van der Waals surface area contributed by atoms with Crippen molar-refractivity contribution in [2.45, 2.75) is 18.2 Å². The average molecular weight is 470 g/mol. The van der Waals surface area contributed by atoms with Crippen LogP contribution in [0, 0.1) is 6.92 Å². The summed E-state index contributed by atoms with van der Waals surface area (Å²) in [5.74, 6) is 0.255. The number of nitrogens with zero attached hydrogens (tertiary/aromatic N) is 3. The Balaban J connectivity index is 1.41. The molecule has 1 fully saturated rings. The second-order valence-electron chi connectivity index (χ2n) is 7.97. The molecular weight excluding hydrogens is 442 g/mol. The van der Waals surface area contributed by atoms with Crippen molar-refractivity contribution in [1.29, 1.82) is 0 Å². The second kappa shape index (κ2) is 9.66. The number of ether oxygens (including phenoxy) is 1. The third kappa shape index (κ3) is 5.19. The van der Waals surface area contributed by atoms with Gasteiger partial charge in [-0.2, -0.15) is 0 Å². The molecule has 0 bridgehead atoms. The molecule has 1 amide bonds. The van der Waals surface area contributed by atoms with Gasteiger partial charge in [-0.15, -0.1) is 0 Å². The third-order valence-corrected chi connectivity index (χ3v) is 7.48. The number of sulfone groups is 1. The van der Waals surface area contributed by atoms with Gasteiger partial charge in [0.1, 0.15) is 10.6 Å². The Labute approximate surface area is 193 Å². The molecule has 0 aliphatic carbocycles. The van der Waals surface area contributed by atoms with E-state index in [1.54, 1.807) is 30.0 Å². The zero-order valence-electron chi connectivity index (χ0n) is 18.7. The number of para-hydroxylation sites is 1.